The molecule has 0 aromatic heterocycles. The van der Waals surface area contributed by atoms with Crippen LogP contribution in [0.4, 0.5) is 8.78 Å². The number of hydrogen-bond donors (Lipinski definition) is 3. The Balaban J connectivity index is 1.60. The van der Waals surface area contributed by atoms with Gasteiger partial charge in [0.15, 0.2) is 0 Å². The Bertz CT molecular complexity index is 516. The maximum absolute atomic E-state index is 13.6. The lowest BCUT2D eigenvalue weighted by molar-refractivity contribution is -0.143. The van der Waals surface area contributed by atoms with Gasteiger partial charge in [-0.1, -0.05) is 0 Å². The molecule has 136 valence electrons. The smallest absolute Gasteiger partial charge is 0.321 e. The SMILES string of the molecule is O=C(O)C1CC2CC(CN3CC(F)(F)C[C@@H]3C(=O)O)CCC2CN1. The van der Waals surface area contributed by atoms with Crippen LogP contribution in [-0.4, -0.2) is 64.7 Å². The fraction of sp³-hybridized carbons (Fsp3) is 0.875. The van der Waals surface area contributed by atoms with Gasteiger partial charge in [0.2, 0.25) is 0 Å². The van der Waals surface area contributed by atoms with E-state index in [1.165, 1.54) is 4.90 Å². The average molecular weight is 346 g/mol. The summed E-state index contributed by atoms with van der Waals surface area (Å²) in [6.07, 6.45) is 2.57. The second-order valence-corrected chi connectivity index (χ2v) is 7.58. The summed E-state index contributed by atoms with van der Waals surface area (Å²) >= 11 is 0. The molecule has 3 aliphatic rings. The van der Waals surface area contributed by atoms with E-state index in [0.717, 1.165) is 19.3 Å². The Hall–Kier alpha value is -1.28. The average Bonchev–Trinajstić information content (AvgIpc) is 2.81. The molecule has 24 heavy (non-hydrogen) atoms. The lowest BCUT2D eigenvalue weighted by Gasteiger charge is -2.42. The normalized spacial score (nSPS) is 39.3. The second kappa shape index (κ2) is 6.55. The third-order valence-corrected chi connectivity index (χ3v) is 5.86. The van der Waals surface area contributed by atoms with E-state index in [1.807, 2.05) is 0 Å². The van der Waals surface area contributed by atoms with Crippen LogP contribution in [0, 0.1) is 17.8 Å². The van der Waals surface area contributed by atoms with E-state index in [9.17, 15) is 23.5 Å². The van der Waals surface area contributed by atoms with Gasteiger partial charge in [-0.2, -0.15) is 0 Å². The summed E-state index contributed by atoms with van der Waals surface area (Å²) in [5, 5.41) is 21.4. The highest BCUT2D eigenvalue weighted by molar-refractivity contribution is 5.74. The molecular weight excluding hydrogens is 322 g/mol. The van der Waals surface area contributed by atoms with Crippen LogP contribution in [0.25, 0.3) is 0 Å². The summed E-state index contributed by atoms with van der Waals surface area (Å²) in [6, 6.07) is -1.65. The fourth-order valence-corrected chi connectivity index (χ4v) is 4.67. The zero-order chi connectivity index (χ0) is 17.5. The largest absolute Gasteiger partial charge is 0.480 e. The number of alkyl halides is 2. The van der Waals surface area contributed by atoms with Crippen LogP contribution in [0.15, 0.2) is 0 Å². The van der Waals surface area contributed by atoms with Crippen molar-refractivity contribution in [3.63, 3.8) is 0 Å². The number of carboxylic acid groups (broad SMARTS) is 2. The first kappa shape index (κ1) is 17.5. The molecule has 8 heteroatoms. The zero-order valence-electron chi connectivity index (χ0n) is 13.5. The van der Waals surface area contributed by atoms with Gasteiger partial charge in [0, 0.05) is 13.0 Å². The van der Waals surface area contributed by atoms with E-state index >= 15 is 0 Å². The topological polar surface area (TPSA) is 89.9 Å². The molecule has 3 rings (SSSR count). The number of nitrogens with one attached hydrogen (secondary N) is 1. The van der Waals surface area contributed by atoms with Crippen LogP contribution >= 0.6 is 0 Å². The Morgan fingerprint density at radius 2 is 1.88 bits per heavy atom. The first-order valence-electron chi connectivity index (χ1n) is 8.56. The predicted molar refractivity (Wildman–Crippen MR) is 80.9 cm³/mol. The van der Waals surface area contributed by atoms with E-state index < -0.39 is 42.9 Å². The summed E-state index contributed by atoms with van der Waals surface area (Å²) in [5.41, 5.74) is 0. The minimum Gasteiger partial charge on any atom is -0.480 e. The van der Waals surface area contributed by atoms with Crippen molar-refractivity contribution in [2.24, 2.45) is 17.8 Å². The van der Waals surface area contributed by atoms with Crippen molar-refractivity contribution in [1.82, 2.24) is 10.2 Å². The van der Waals surface area contributed by atoms with Crippen molar-refractivity contribution >= 4 is 11.9 Å². The Morgan fingerprint density at radius 3 is 2.54 bits per heavy atom. The number of likely N-dealkylation sites (tertiary alicyclic amines) is 1. The molecule has 0 aromatic carbocycles. The van der Waals surface area contributed by atoms with Crippen molar-refractivity contribution in [2.75, 3.05) is 19.6 Å². The van der Waals surface area contributed by atoms with Gasteiger partial charge in [-0.15, -0.1) is 0 Å². The van der Waals surface area contributed by atoms with Gasteiger partial charge < -0.3 is 15.5 Å². The third-order valence-electron chi connectivity index (χ3n) is 5.86. The van der Waals surface area contributed by atoms with Gasteiger partial charge in [0.25, 0.3) is 5.92 Å². The molecule has 0 bridgehead atoms. The molecule has 2 heterocycles. The molecular formula is C16H24F2N2O4. The van der Waals surface area contributed by atoms with Crippen molar-refractivity contribution in [3.8, 4) is 0 Å². The van der Waals surface area contributed by atoms with E-state index in [1.54, 1.807) is 0 Å². The molecule has 6 nitrogen and oxygen atoms in total. The van der Waals surface area contributed by atoms with E-state index in [-0.39, 0.29) is 11.8 Å². The fourth-order valence-electron chi connectivity index (χ4n) is 4.67. The molecule has 5 atom stereocenters. The quantitative estimate of drug-likeness (QED) is 0.710. The number of carbonyl (C=O) groups is 2. The van der Waals surface area contributed by atoms with Gasteiger partial charge in [0.1, 0.15) is 12.1 Å². The minimum atomic E-state index is -2.94. The van der Waals surface area contributed by atoms with Crippen molar-refractivity contribution in [1.29, 1.82) is 0 Å². The van der Waals surface area contributed by atoms with Crippen LogP contribution in [-0.2, 0) is 9.59 Å². The number of aliphatic carboxylic acids is 2. The van der Waals surface area contributed by atoms with Gasteiger partial charge in [0.05, 0.1) is 6.54 Å². The molecule has 2 saturated heterocycles. The first-order chi connectivity index (χ1) is 11.2. The molecule has 0 amide bonds. The first-order valence-corrected chi connectivity index (χ1v) is 8.56. The number of fused-ring (bicyclic) bond motifs is 1. The van der Waals surface area contributed by atoms with Gasteiger partial charge in [-0.3, -0.25) is 14.5 Å². The van der Waals surface area contributed by atoms with E-state index in [0.29, 0.717) is 25.4 Å². The van der Waals surface area contributed by atoms with Crippen molar-refractivity contribution in [3.05, 3.63) is 0 Å². The number of nitrogens with zero attached hydrogens (tertiary/aromatic N) is 1. The summed E-state index contributed by atoms with van der Waals surface area (Å²) in [4.78, 5) is 23.8. The Morgan fingerprint density at radius 1 is 1.12 bits per heavy atom. The summed E-state index contributed by atoms with van der Waals surface area (Å²) in [6.45, 7) is 0.558. The van der Waals surface area contributed by atoms with Crippen molar-refractivity contribution in [2.45, 2.75) is 50.1 Å². The molecule has 0 aromatic rings. The van der Waals surface area contributed by atoms with Crippen LogP contribution in [0.3, 0.4) is 0 Å². The lowest BCUT2D eigenvalue weighted by atomic mass is 9.69. The molecule has 3 N–H and O–H groups in total. The van der Waals surface area contributed by atoms with Crippen LogP contribution in [0.1, 0.15) is 32.1 Å². The standard InChI is InChI=1S/C16H24F2N2O4/c17-16(18)5-13(15(23)24)20(8-16)7-9-1-2-10-6-19-12(14(21)22)4-11(10)3-9/h9-13,19H,1-8H2,(H,21,22)(H,23,24)/t9?,10?,11?,12?,13-/m1/s1. The van der Waals surface area contributed by atoms with E-state index in [2.05, 4.69) is 5.32 Å². The number of halogens is 2. The monoisotopic (exact) mass is 346 g/mol. The molecule has 0 spiro atoms. The van der Waals surface area contributed by atoms with Gasteiger partial charge in [-0.05, 0) is 50.0 Å². The maximum Gasteiger partial charge on any atom is 0.321 e. The zero-order valence-corrected chi connectivity index (χ0v) is 13.5. The number of carboxylic acids is 2. The minimum absolute atomic E-state index is 0.162. The summed E-state index contributed by atoms with van der Waals surface area (Å²) in [7, 11) is 0. The maximum atomic E-state index is 13.6. The molecule has 3 fully saturated rings. The Labute approximate surface area is 139 Å². The van der Waals surface area contributed by atoms with Crippen LogP contribution < -0.4 is 5.32 Å². The van der Waals surface area contributed by atoms with Crippen molar-refractivity contribution < 1.29 is 28.6 Å². The van der Waals surface area contributed by atoms with Gasteiger partial charge in [-0.25, -0.2) is 8.78 Å². The molecule has 2 aliphatic heterocycles. The predicted octanol–water partition coefficient (Wildman–Crippen LogP) is 1.26. The number of hydrogen-bond acceptors (Lipinski definition) is 4. The lowest BCUT2D eigenvalue weighted by Crippen LogP contribution is -2.50. The summed E-state index contributed by atoms with van der Waals surface area (Å²) < 4.78 is 27.2. The van der Waals surface area contributed by atoms with E-state index in [4.69, 9.17) is 5.11 Å². The highest BCUT2D eigenvalue weighted by atomic mass is 19.3. The molecule has 4 unspecified atom stereocenters. The molecule has 1 aliphatic carbocycles. The van der Waals surface area contributed by atoms with Crippen LogP contribution in [0.5, 0.6) is 0 Å². The highest BCUT2D eigenvalue weighted by Gasteiger charge is 2.49. The van der Waals surface area contributed by atoms with Gasteiger partial charge >= 0.3 is 11.9 Å². The van der Waals surface area contributed by atoms with Crippen LogP contribution in [0.2, 0.25) is 0 Å². The highest BCUT2D eigenvalue weighted by Crippen LogP contribution is 2.40. The summed E-state index contributed by atoms with van der Waals surface area (Å²) in [5.74, 6) is -4.10. The number of piperidine rings is 1. The molecule has 1 saturated carbocycles. The number of rotatable bonds is 4. The third kappa shape index (κ3) is 3.69. The Kier molecular flexibility index (Phi) is 4.79. The molecule has 0 radical (unpaired) electrons. The second-order valence-electron chi connectivity index (χ2n) is 7.58.